The van der Waals surface area contributed by atoms with Gasteiger partial charge < -0.3 is 10.6 Å². The minimum Gasteiger partial charge on any atom is -0.336 e. The lowest BCUT2D eigenvalue weighted by Gasteiger charge is -2.31. The maximum absolute atomic E-state index is 12.7. The predicted molar refractivity (Wildman–Crippen MR) is 91.4 cm³/mol. The summed E-state index contributed by atoms with van der Waals surface area (Å²) in [6.07, 6.45) is 0.864. The molecule has 1 atom stereocenters. The summed E-state index contributed by atoms with van der Waals surface area (Å²) in [7, 11) is 0. The summed E-state index contributed by atoms with van der Waals surface area (Å²) in [5.41, 5.74) is 10.7. The van der Waals surface area contributed by atoms with Crippen LogP contribution in [0.2, 0.25) is 0 Å². The lowest BCUT2D eigenvalue weighted by atomic mass is 9.98. The number of aryl methyl sites for hydroxylation is 1. The van der Waals surface area contributed by atoms with Gasteiger partial charge >= 0.3 is 0 Å². The van der Waals surface area contributed by atoms with Crippen LogP contribution >= 0.6 is 15.9 Å². The number of carbonyl (C=O) groups is 1. The molecule has 0 radical (unpaired) electrons. The van der Waals surface area contributed by atoms with Crippen molar-refractivity contribution in [3.8, 4) is 0 Å². The zero-order valence-electron chi connectivity index (χ0n) is 12.6. The molecule has 0 aliphatic carbocycles. The third-order valence-corrected chi connectivity index (χ3v) is 4.97. The molecule has 2 aromatic carbocycles. The van der Waals surface area contributed by atoms with Gasteiger partial charge in [-0.3, -0.25) is 4.79 Å². The molecule has 3 nitrogen and oxygen atoms in total. The van der Waals surface area contributed by atoms with Crippen molar-refractivity contribution >= 4 is 21.8 Å². The summed E-state index contributed by atoms with van der Waals surface area (Å²) in [4.78, 5) is 14.5. The molecule has 4 heteroatoms. The molecule has 0 bridgehead atoms. The fourth-order valence-corrected chi connectivity index (χ4v) is 3.47. The normalized spacial score (nSPS) is 15.3. The Morgan fingerprint density at radius 1 is 1.23 bits per heavy atom. The summed E-state index contributed by atoms with van der Waals surface area (Å²) in [6.45, 7) is 3.37. The van der Waals surface area contributed by atoms with E-state index in [1.807, 2.05) is 48.2 Å². The van der Waals surface area contributed by atoms with Gasteiger partial charge in [-0.15, -0.1) is 0 Å². The van der Waals surface area contributed by atoms with Gasteiger partial charge in [-0.1, -0.05) is 57.9 Å². The van der Waals surface area contributed by atoms with E-state index in [0.29, 0.717) is 13.1 Å². The van der Waals surface area contributed by atoms with Gasteiger partial charge in [-0.05, 0) is 36.1 Å². The standard InChI is InChI=1S/C18H19BrN2O/c1-12-5-7-13(8-6-12)17(20)18(22)21-10-9-15-14(11-21)3-2-4-16(15)19/h2-8,17H,9-11,20H2,1H3. The van der Waals surface area contributed by atoms with Gasteiger partial charge in [0.15, 0.2) is 0 Å². The number of amides is 1. The number of halogens is 1. The average Bonchev–Trinajstić information content (AvgIpc) is 2.54. The highest BCUT2D eigenvalue weighted by molar-refractivity contribution is 9.10. The molecular formula is C18H19BrN2O. The van der Waals surface area contributed by atoms with Gasteiger partial charge in [-0.2, -0.15) is 0 Å². The Morgan fingerprint density at radius 2 is 1.95 bits per heavy atom. The molecule has 1 aliphatic heterocycles. The van der Waals surface area contributed by atoms with Crippen LogP contribution in [-0.4, -0.2) is 17.4 Å². The number of hydrogen-bond acceptors (Lipinski definition) is 2. The van der Waals surface area contributed by atoms with Crippen LogP contribution < -0.4 is 5.73 Å². The highest BCUT2D eigenvalue weighted by atomic mass is 79.9. The largest absolute Gasteiger partial charge is 0.336 e. The number of carbonyl (C=O) groups excluding carboxylic acids is 1. The topological polar surface area (TPSA) is 46.3 Å². The van der Waals surface area contributed by atoms with Crippen LogP contribution in [-0.2, 0) is 17.8 Å². The number of hydrogen-bond donors (Lipinski definition) is 1. The van der Waals surface area contributed by atoms with E-state index in [2.05, 4.69) is 22.0 Å². The van der Waals surface area contributed by atoms with Crippen LogP contribution in [0.4, 0.5) is 0 Å². The zero-order chi connectivity index (χ0) is 15.7. The Bertz CT molecular complexity index is 697. The van der Waals surface area contributed by atoms with E-state index >= 15 is 0 Å². The Hall–Kier alpha value is -1.65. The smallest absolute Gasteiger partial charge is 0.244 e. The van der Waals surface area contributed by atoms with E-state index in [4.69, 9.17) is 5.73 Å². The van der Waals surface area contributed by atoms with Crippen LogP contribution in [0.25, 0.3) is 0 Å². The number of nitrogens with two attached hydrogens (primary N) is 1. The second-order valence-corrected chi connectivity index (χ2v) is 6.63. The molecule has 1 heterocycles. The highest BCUT2D eigenvalue weighted by Gasteiger charge is 2.26. The van der Waals surface area contributed by atoms with Crippen molar-refractivity contribution in [3.05, 3.63) is 69.2 Å². The third kappa shape index (κ3) is 2.94. The van der Waals surface area contributed by atoms with Crippen LogP contribution in [0.5, 0.6) is 0 Å². The SMILES string of the molecule is Cc1ccc(C(N)C(=O)N2CCc3c(Br)cccc3C2)cc1. The van der Waals surface area contributed by atoms with E-state index in [1.54, 1.807) is 0 Å². The van der Waals surface area contributed by atoms with Gasteiger partial charge in [0.1, 0.15) is 6.04 Å². The summed E-state index contributed by atoms with van der Waals surface area (Å²) in [5.74, 6) is -0.00511. The lowest BCUT2D eigenvalue weighted by Crippen LogP contribution is -2.41. The predicted octanol–water partition coefficient (Wildman–Crippen LogP) is 3.34. The fourth-order valence-electron chi connectivity index (χ4n) is 2.86. The summed E-state index contributed by atoms with van der Waals surface area (Å²) >= 11 is 3.58. The maximum Gasteiger partial charge on any atom is 0.244 e. The number of benzene rings is 2. The number of fused-ring (bicyclic) bond motifs is 1. The van der Waals surface area contributed by atoms with Gasteiger partial charge in [0.2, 0.25) is 5.91 Å². The molecule has 2 N–H and O–H groups in total. The molecule has 2 aromatic rings. The molecule has 0 fully saturated rings. The van der Waals surface area contributed by atoms with Crippen LogP contribution in [0.1, 0.15) is 28.3 Å². The highest BCUT2D eigenvalue weighted by Crippen LogP contribution is 2.27. The molecule has 0 aromatic heterocycles. The van der Waals surface area contributed by atoms with Crippen molar-refractivity contribution in [3.63, 3.8) is 0 Å². The van der Waals surface area contributed by atoms with Crippen LogP contribution in [0.15, 0.2) is 46.9 Å². The van der Waals surface area contributed by atoms with E-state index in [-0.39, 0.29) is 5.91 Å². The summed E-state index contributed by atoms with van der Waals surface area (Å²) in [5, 5.41) is 0. The molecule has 114 valence electrons. The minimum atomic E-state index is -0.589. The van der Waals surface area contributed by atoms with Crippen molar-refractivity contribution < 1.29 is 4.79 Å². The van der Waals surface area contributed by atoms with Crippen LogP contribution in [0.3, 0.4) is 0 Å². The van der Waals surface area contributed by atoms with E-state index in [1.165, 1.54) is 16.7 Å². The molecule has 0 saturated heterocycles. The van der Waals surface area contributed by atoms with Crippen LogP contribution in [0, 0.1) is 6.92 Å². The molecule has 3 rings (SSSR count). The second kappa shape index (κ2) is 6.23. The van der Waals surface area contributed by atoms with Crippen molar-refractivity contribution in [2.45, 2.75) is 25.9 Å². The fraction of sp³-hybridized carbons (Fsp3) is 0.278. The third-order valence-electron chi connectivity index (χ3n) is 4.22. The number of rotatable bonds is 2. The molecule has 1 unspecified atom stereocenters. The van der Waals surface area contributed by atoms with Crippen molar-refractivity contribution in [1.82, 2.24) is 4.90 Å². The van der Waals surface area contributed by atoms with Gasteiger partial charge in [0.05, 0.1) is 0 Å². The lowest BCUT2D eigenvalue weighted by molar-refractivity contribution is -0.133. The summed E-state index contributed by atoms with van der Waals surface area (Å²) < 4.78 is 1.12. The first kappa shape index (κ1) is 15.3. The first-order valence-corrected chi connectivity index (χ1v) is 8.23. The maximum atomic E-state index is 12.7. The van der Waals surface area contributed by atoms with Gasteiger partial charge in [-0.25, -0.2) is 0 Å². The Morgan fingerprint density at radius 3 is 2.68 bits per heavy atom. The van der Waals surface area contributed by atoms with Crippen molar-refractivity contribution in [1.29, 1.82) is 0 Å². The first-order valence-electron chi connectivity index (χ1n) is 7.43. The van der Waals surface area contributed by atoms with Crippen molar-refractivity contribution in [2.75, 3.05) is 6.54 Å². The van der Waals surface area contributed by atoms with Gasteiger partial charge in [0, 0.05) is 17.6 Å². The minimum absolute atomic E-state index is 0.00511. The number of nitrogens with zero attached hydrogens (tertiary/aromatic N) is 1. The summed E-state index contributed by atoms with van der Waals surface area (Å²) in [6, 6.07) is 13.4. The van der Waals surface area contributed by atoms with E-state index < -0.39 is 6.04 Å². The monoisotopic (exact) mass is 358 g/mol. The molecular weight excluding hydrogens is 340 g/mol. The average molecular weight is 359 g/mol. The Balaban J connectivity index is 1.77. The molecule has 0 saturated carbocycles. The van der Waals surface area contributed by atoms with E-state index in [9.17, 15) is 4.79 Å². The molecule has 1 aliphatic rings. The van der Waals surface area contributed by atoms with Crippen molar-refractivity contribution in [2.24, 2.45) is 5.73 Å². The second-order valence-electron chi connectivity index (χ2n) is 5.78. The molecule has 0 spiro atoms. The molecule has 1 amide bonds. The zero-order valence-corrected chi connectivity index (χ0v) is 14.1. The Kier molecular flexibility index (Phi) is 4.32. The quantitative estimate of drug-likeness (QED) is 0.894. The van der Waals surface area contributed by atoms with Gasteiger partial charge in [0.25, 0.3) is 0 Å². The molecule has 22 heavy (non-hydrogen) atoms. The first-order chi connectivity index (χ1) is 10.6. The Labute approximate surface area is 139 Å². The van der Waals surface area contributed by atoms with E-state index in [0.717, 1.165) is 16.5 Å².